The summed E-state index contributed by atoms with van der Waals surface area (Å²) in [7, 11) is 0. The predicted octanol–water partition coefficient (Wildman–Crippen LogP) is 2.68. The molecule has 2 aliphatic heterocycles. The van der Waals surface area contributed by atoms with Gasteiger partial charge in [0.25, 0.3) is 0 Å². The molecule has 1 spiro atoms. The van der Waals surface area contributed by atoms with Gasteiger partial charge in [-0.15, -0.1) is 11.3 Å². The number of carbonyl (C=O) groups excluding carboxylic acids is 2. The zero-order valence-corrected chi connectivity index (χ0v) is 14.0. The number of likely N-dealkylation sites (N-methyl/N-ethyl adjacent to an activating group) is 1. The van der Waals surface area contributed by atoms with Crippen molar-refractivity contribution in [2.75, 3.05) is 19.6 Å². The number of nitrogens with zero attached hydrogens (tertiary/aromatic N) is 2. The first-order valence-electron chi connectivity index (χ1n) is 8.25. The fourth-order valence-corrected chi connectivity index (χ4v) is 4.73. The Morgan fingerprint density at radius 2 is 2.18 bits per heavy atom. The average Bonchev–Trinajstić information content (AvgIpc) is 3.00. The molecule has 5 heteroatoms. The molecule has 4 nitrogen and oxygen atoms in total. The molecule has 3 heterocycles. The standard InChI is InChI=1S/C17H24N2O2S/c1-2-19-15(20)7-3-8-17(19)9-5-10-18(13-17)16(21)12-14-6-4-11-22-14/h4,6,11H,2-3,5,7-10,12-13H2,1H3. The van der Waals surface area contributed by atoms with Crippen molar-refractivity contribution in [1.82, 2.24) is 9.80 Å². The summed E-state index contributed by atoms with van der Waals surface area (Å²) < 4.78 is 0. The van der Waals surface area contributed by atoms with Crippen molar-refractivity contribution >= 4 is 23.2 Å². The summed E-state index contributed by atoms with van der Waals surface area (Å²) in [6, 6.07) is 4.01. The molecule has 120 valence electrons. The molecule has 2 amide bonds. The van der Waals surface area contributed by atoms with Crippen LogP contribution in [0.25, 0.3) is 0 Å². The van der Waals surface area contributed by atoms with Crippen LogP contribution in [0, 0.1) is 0 Å². The Morgan fingerprint density at radius 3 is 2.91 bits per heavy atom. The molecule has 2 saturated heterocycles. The van der Waals surface area contributed by atoms with Crippen LogP contribution >= 0.6 is 11.3 Å². The number of hydrogen-bond acceptors (Lipinski definition) is 3. The molecule has 2 fully saturated rings. The number of carbonyl (C=O) groups is 2. The van der Waals surface area contributed by atoms with Gasteiger partial charge in [0.15, 0.2) is 0 Å². The number of likely N-dealkylation sites (tertiary alicyclic amines) is 2. The quantitative estimate of drug-likeness (QED) is 0.859. The minimum Gasteiger partial charge on any atom is -0.340 e. The molecule has 3 rings (SSSR count). The normalized spacial score (nSPS) is 25.8. The van der Waals surface area contributed by atoms with E-state index in [4.69, 9.17) is 0 Å². The molecule has 0 N–H and O–H groups in total. The van der Waals surface area contributed by atoms with E-state index in [-0.39, 0.29) is 17.4 Å². The van der Waals surface area contributed by atoms with Crippen molar-refractivity contribution in [3.8, 4) is 0 Å². The first-order chi connectivity index (χ1) is 10.6. The van der Waals surface area contributed by atoms with Crippen LogP contribution in [0.2, 0.25) is 0 Å². The summed E-state index contributed by atoms with van der Waals surface area (Å²) >= 11 is 1.64. The molecular formula is C17H24N2O2S. The smallest absolute Gasteiger partial charge is 0.227 e. The van der Waals surface area contributed by atoms with Gasteiger partial charge in [-0.3, -0.25) is 9.59 Å². The first-order valence-corrected chi connectivity index (χ1v) is 9.13. The third-order valence-electron chi connectivity index (χ3n) is 5.04. The van der Waals surface area contributed by atoms with Crippen molar-refractivity contribution in [2.24, 2.45) is 0 Å². The predicted molar refractivity (Wildman–Crippen MR) is 87.8 cm³/mol. The molecule has 1 aromatic rings. The largest absolute Gasteiger partial charge is 0.340 e. The zero-order valence-electron chi connectivity index (χ0n) is 13.2. The number of rotatable bonds is 3. The van der Waals surface area contributed by atoms with E-state index in [2.05, 4.69) is 6.92 Å². The highest BCUT2D eigenvalue weighted by molar-refractivity contribution is 7.10. The average molecular weight is 320 g/mol. The summed E-state index contributed by atoms with van der Waals surface area (Å²) in [4.78, 5) is 30.0. The van der Waals surface area contributed by atoms with Gasteiger partial charge in [-0.25, -0.2) is 0 Å². The van der Waals surface area contributed by atoms with Gasteiger partial charge in [-0.1, -0.05) is 6.07 Å². The maximum absolute atomic E-state index is 12.6. The highest BCUT2D eigenvalue weighted by atomic mass is 32.1. The molecule has 1 atom stereocenters. The van der Waals surface area contributed by atoms with Crippen LogP contribution in [0.5, 0.6) is 0 Å². The number of piperidine rings is 2. The Morgan fingerprint density at radius 1 is 1.36 bits per heavy atom. The van der Waals surface area contributed by atoms with E-state index in [1.54, 1.807) is 11.3 Å². The minimum atomic E-state index is -0.104. The maximum Gasteiger partial charge on any atom is 0.227 e. The second-order valence-corrected chi connectivity index (χ2v) is 7.42. The van der Waals surface area contributed by atoms with E-state index in [0.717, 1.165) is 50.2 Å². The minimum absolute atomic E-state index is 0.104. The van der Waals surface area contributed by atoms with Gasteiger partial charge in [0.2, 0.25) is 11.8 Å². The molecule has 2 aliphatic rings. The molecule has 0 saturated carbocycles. The highest BCUT2D eigenvalue weighted by Gasteiger charge is 2.45. The van der Waals surface area contributed by atoms with Crippen LogP contribution in [0.1, 0.15) is 43.9 Å². The first kappa shape index (κ1) is 15.5. The van der Waals surface area contributed by atoms with Crippen molar-refractivity contribution in [3.05, 3.63) is 22.4 Å². The lowest BCUT2D eigenvalue weighted by Gasteiger charge is -2.52. The van der Waals surface area contributed by atoms with Crippen LogP contribution in [0.3, 0.4) is 0 Å². The van der Waals surface area contributed by atoms with E-state index >= 15 is 0 Å². The van der Waals surface area contributed by atoms with Crippen LogP contribution in [0.4, 0.5) is 0 Å². The van der Waals surface area contributed by atoms with Gasteiger partial charge in [-0.2, -0.15) is 0 Å². The monoisotopic (exact) mass is 320 g/mol. The molecule has 1 aromatic heterocycles. The number of amides is 2. The zero-order chi connectivity index (χ0) is 15.6. The number of hydrogen-bond donors (Lipinski definition) is 0. The highest BCUT2D eigenvalue weighted by Crippen LogP contribution is 2.36. The van der Waals surface area contributed by atoms with E-state index in [9.17, 15) is 9.59 Å². The third kappa shape index (κ3) is 2.91. The molecule has 1 unspecified atom stereocenters. The summed E-state index contributed by atoms with van der Waals surface area (Å²) in [6.45, 7) is 4.36. The third-order valence-corrected chi connectivity index (χ3v) is 5.91. The Bertz CT molecular complexity index is 539. The maximum atomic E-state index is 12.6. The van der Waals surface area contributed by atoms with Gasteiger partial charge in [-0.05, 0) is 44.1 Å². The molecule has 22 heavy (non-hydrogen) atoms. The molecular weight excluding hydrogens is 296 g/mol. The second-order valence-electron chi connectivity index (χ2n) is 6.39. The van der Waals surface area contributed by atoms with Crippen LogP contribution in [-0.4, -0.2) is 46.8 Å². The van der Waals surface area contributed by atoms with E-state index < -0.39 is 0 Å². The lowest BCUT2D eigenvalue weighted by Crippen LogP contribution is -2.63. The van der Waals surface area contributed by atoms with Gasteiger partial charge in [0.05, 0.1) is 12.0 Å². The van der Waals surface area contributed by atoms with Gasteiger partial charge in [0, 0.05) is 30.9 Å². The van der Waals surface area contributed by atoms with Crippen molar-refractivity contribution in [2.45, 2.75) is 51.0 Å². The summed E-state index contributed by atoms with van der Waals surface area (Å²) in [5.74, 6) is 0.469. The fraction of sp³-hybridized carbons (Fsp3) is 0.647. The topological polar surface area (TPSA) is 40.6 Å². The lowest BCUT2D eigenvalue weighted by atomic mass is 9.79. The summed E-state index contributed by atoms with van der Waals surface area (Å²) in [5.41, 5.74) is -0.104. The van der Waals surface area contributed by atoms with Gasteiger partial charge < -0.3 is 9.80 Å². The van der Waals surface area contributed by atoms with E-state index in [1.165, 1.54) is 0 Å². The molecule has 0 bridgehead atoms. The van der Waals surface area contributed by atoms with Gasteiger partial charge >= 0.3 is 0 Å². The molecule has 0 aromatic carbocycles. The SMILES string of the molecule is CCN1C(=O)CCCC12CCCN(C(=O)Cc1cccs1)C2. The van der Waals surface area contributed by atoms with Crippen LogP contribution < -0.4 is 0 Å². The van der Waals surface area contributed by atoms with E-state index in [0.29, 0.717) is 12.8 Å². The lowest BCUT2D eigenvalue weighted by molar-refractivity contribution is -0.150. The van der Waals surface area contributed by atoms with Gasteiger partial charge in [0.1, 0.15) is 0 Å². The Balaban J connectivity index is 1.72. The molecule has 0 aliphatic carbocycles. The second kappa shape index (κ2) is 6.41. The van der Waals surface area contributed by atoms with Crippen molar-refractivity contribution in [3.63, 3.8) is 0 Å². The van der Waals surface area contributed by atoms with Crippen molar-refractivity contribution < 1.29 is 9.59 Å². The van der Waals surface area contributed by atoms with Crippen LogP contribution in [0.15, 0.2) is 17.5 Å². The Kier molecular flexibility index (Phi) is 4.52. The Labute approximate surface area is 136 Å². The summed E-state index contributed by atoms with van der Waals surface area (Å²) in [6.07, 6.45) is 5.19. The fourth-order valence-electron chi connectivity index (χ4n) is 4.04. The van der Waals surface area contributed by atoms with E-state index in [1.807, 2.05) is 27.3 Å². The molecule has 0 radical (unpaired) electrons. The Hall–Kier alpha value is -1.36. The van der Waals surface area contributed by atoms with Crippen molar-refractivity contribution in [1.29, 1.82) is 0 Å². The summed E-state index contributed by atoms with van der Waals surface area (Å²) in [5, 5.41) is 2.01. The number of thiophene rings is 1. The van der Waals surface area contributed by atoms with Crippen LogP contribution in [-0.2, 0) is 16.0 Å².